The van der Waals surface area contributed by atoms with Crippen LogP contribution < -0.4 is 10.6 Å². The van der Waals surface area contributed by atoms with Gasteiger partial charge in [-0.2, -0.15) is 5.26 Å². The number of nitrogens with one attached hydrogen (secondary N) is 2. The molecule has 0 aliphatic heterocycles. The van der Waals surface area contributed by atoms with Gasteiger partial charge in [-0.1, -0.05) is 17.3 Å². The number of nitrogens with zero attached hydrogens (tertiary/aromatic N) is 2. The molecular formula is C14H14N4O2. The topological polar surface area (TPSA) is 91.0 Å². The molecule has 0 saturated carbocycles. The largest absolute Gasteiger partial charge is 0.360 e. The number of carbonyl (C=O) groups excluding carboxylic acids is 1. The van der Waals surface area contributed by atoms with Crippen LogP contribution in [0.1, 0.15) is 29.9 Å². The summed E-state index contributed by atoms with van der Waals surface area (Å²) in [6.07, 6.45) is 0. The third kappa shape index (κ3) is 3.36. The molecule has 0 bridgehead atoms. The summed E-state index contributed by atoms with van der Waals surface area (Å²) in [5.74, 6) is 0.993. The molecule has 1 aromatic heterocycles. The fourth-order valence-corrected chi connectivity index (χ4v) is 1.70. The van der Waals surface area contributed by atoms with E-state index in [-0.39, 0.29) is 12.1 Å². The van der Waals surface area contributed by atoms with Crippen LogP contribution in [0.4, 0.5) is 10.6 Å². The Morgan fingerprint density at radius 1 is 1.40 bits per heavy atom. The van der Waals surface area contributed by atoms with Crippen LogP contribution >= 0.6 is 0 Å². The molecule has 1 heterocycles. The Morgan fingerprint density at radius 3 is 2.65 bits per heavy atom. The van der Waals surface area contributed by atoms with E-state index in [9.17, 15) is 4.79 Å². The van der Waals surface area contributed by atoms with E-state index in [1.165, 1.54) is 0 Å². The van der Waals surface area contributed by atoms with Gasteiger partial charge >= 0.3 is 6.03 Å². The molecule has 20 heavy (non-hydrogen) atoms. The second-order valence-electron chi connectivity index (χ2n) is 4.38. The summed E-state index contributed by atoms with van der Waals surface area (Å²) in [5.41, 5.74) is 1.50. The predicted octanol–water partition coefficient (Wildman–Crippen LogP) is 2.74. The molecule has 0 radical (unpaired) electrons. The van der Waals surface area contributed by atoms with Crippen molar-refractivity contribution < 1.29 is 9.32 Å². The number of nitriles is 1. The van der Waals surface area contributed by atoms with E-state index in [2.05, 4.69) is 21.9 Å². The number of aryl methyl sites for hydroxylation is 1. The maximum Gasteiger partial charge on any atom is 0.320 e. The molecule has 2 N–H and O–H groups in total. The van der Waals surface area contributed by atoms with E-state index >= 15 is 0 Å². The standard InChI is InChI=1S/C14H14N4O2/c1-9-7-13(18-20-9)17-14(19)16-10(2)12-5-3-11(8-15)4-6-12/h3-7,10H,1-2H3,(H2,16,17,18,19)/t10-/m0/s1. The minimum absolute atomic E-state index is 0.184. The zero-order valence-electron chi connectivity index (χ0n) is 11.2. The molecule has 6 heteroatoms. The Kier molecular flexibility index (Phi) is 4.01. The summed E-state index contributed by atoms with van der Waals surface area (Å²) >= 11 is 0. The van der Waals surface area contributed by atoms with Crippen LogP contribution in [0.3, 0.4) is 0 Å². The first kappa shape index (κ1) is 13.6. The van der Waals surface area contributed by atoms with Gasteiger partial charge in [-0.25, -0.2) is 4.79 Å². The van der Waals surface area contributed by atoms with Crippen molar-refractivity contribution in [2.24, 2.45) is 0 Å². The van der Waals surface area contributed by atoms with Gasteiger partial charge in [-0.3, -0.25) is 5.32 Å². The van der Waals surface area contributed by atoms with Crippen LogP contribution in [0.15, 0.2) is 34.9 Å². The first-order valence-electron chi connectivity index (χ1n) is 6.09. The Bertz CT molecular complexity index is 640. The van der Waals surface area contributed by atoms with Gasteiger partial charge in [-0.05, 0) is 31.5 Å². The van der Waals surface area contributed by atoms with Crippen molar-refractivity contribution in [2.45, 2.75) is 19.9 Å². The lowest BCUT2D eigenvalue weighted by molar-refractivity contribution is 0.249. The minimum atomic E-state index is -0.366. The van der Waals surface area contributed by atoms with E-state index in [1.54, 1.807) is 25.1 Å². The third-order valence-corrected chi connectivity index (χ3v) is 2.76. The number of carbonyl (C=O) groups is 1. The lowest BCUT2D eigenvalue weighted by Crippen LogP contribution is -2.31. The lowest BCUT2D eigenvalue weighted by atomic mass is 10.1. The SMILES string of the molecule is Cc1cc(NC(=O)N[C@@H](C)c2ccc(C#N)cc2)no1. The first-order valence-corrected chi connectivity index (χ1v) is 6.09. The monoisotopic (exact) mass is 270 g/mol. The van der Waals surface area contributed by atoms with Crippen LogP contribution in [-0.4, -0.2) is 11.2 Å². The highest BCUT2D eigenvalue weighted by molar-refractivity contribution is 5.88. The van der Waals surface area contributed by atoms with E-state index in [1.807, 2.05) is 19.1 Å². The Labute approximate surface area is 116 Å². The number of hydrogen-bond acceptors (Lipinski definition) is 4. The summed E-state index contributed by atoms with van der Waals surface area (Å²) in [4.78, 5) is 11.8. The quantitative estimate of drug-likeness (QED) is 0.897. The van der Waals surface area contributed by atoms with Crippen molar-refractivity contribution in [3.8, 4) is 6.07 Å². The fourth-order valence-electron chi connectivity index (χ4n) is 1.70. The van der Waals surface area contributed by atoms with Crippen LogP contribution in [0, 0.1) is 18.3 Å². The van der Waals surface area contributed by atoms with Crippen LogP contribution in [0.25, 0.3) is 0 Å². The molecule has 1 atom stereocenters. The fraction of sp³-hybridized carbons (Fsp3) is 0.214. The zero-order chi connectivity index (χ0) is 14.5. The van der Waals surface area contributed by atoms with Gasteiger partial charge in [0.15, 0.2) is 5.82 Å². The van der Waals surface area contributed by atoms with Crippen LogP contribution in [-0.2, 0) is 0 Å². The molecule has 2 aromatic rings. The number of urea groups is 1. The highest BCUT2D eigenvalue weighted by atomic mass is 16.5. The van der Waals surface area contributed by atoms with E-state index < -0.39 is 0 Å². The lowest BCUT2D eigenvalue weighted by Gasteiger charge is -2.14. The van der Waals surface area contributed by atoms with Gasteiger partial charge in [-0.15, -0.1) is 0 Å². The first-order chi connectivity index (χ1) is 9.58. The number of rotatable bonds is 3. The number of benzene rings is 1. The van der Waals surface area contributed by atoms with E-state index in [4.69, 9.17) is 9.78 Å². The second kappa shape index (κ2) is 5.89. The number of aromatic nitrogens is 1. The van der Waals surface area contributed by atoms with Gasteiger partial charge in [0.25, 0.3) is 0 Å². The zero-order valence-corrected chi connectivity index (χ0v) is 11.2. The average molecular weight is 270 g/mol. The second-order valence-corrected chi connectivity index (χ2v) is 4.38. The molecule has 0 aliphatic carbocycles. The molecule has 0 fully saturated rings. The van der Waals surface area contributed by atoms with Crippen molar-refractivity contribution >= 4 is 11.8 Å². The Balaban J connectivity index is 1.94. The highest BCUT2D eigenvalue weighted by Crippen LogP contribution is 2.13. The van der Waals surface area contributed by atoms with Crippen LogP contribution in [0.2, 0.25) is 0 Å². The van der Waals surface area contributed by atoms with Crippen molar-refractivity contribution in [3.63, 3.8) is 0 Å². The maximum absolute atomic E-state index is 11.8. The molecule has 6 nitrogen and oxygen atoms in total. The van der Waals surface area contributed by atoms with E-state index in [0.717, 1.165) is 5.56 Å². The highest BCUT2D eigenvalue weighted by Gasteiger charge is 2.11. The Morgan fingerprint density at radius 2 is 2.10 bits per heavy atom. The van der Waals surface area contributed by atoms with Crippen molar-refractivity contribution in [1.82, 2.24) is 10.5 Å². The van der Waals surface area contributed by atoms with E-state index in [0.29, 0.717) is 17.1 Å². The normalized spacial score (nSPS) is 11.4. The third-order valence-electron chi connectivity index (χ3n) is 2.76. The van der Waals surface area contributed by atoms with Gasteiger partial charge in [0.1, 0.15) is 5.76 Å². The van der Waals surface area contributed by atoms with Gasteiger partial charge in [0.2, 0.25) is 0 Å². The maximum atomic E-state index is 11.8. The van der Waals surface area contributed by atoms with Crippen molar-refractivity contribution in [2.75, 3.05) is 5.32 Å². The molecule has 0 spiro atoms. The summed E-state index contributed by atoms with van der Waals surface area (Å²) < 4.78 is 4.86. The molecule has 2 amide bonds. The molecule has 102 valence electrons. The number of anilines is 1. The molecule has 2 rings (SSSR count). The Hall–Kier alpha value is -2.81. The molecule has 0 unspecified atom stereocenters. The summed E-state index contributed by atoms with van der Waals surface area (Å²) in [5, 5.41) is 17.8. The van der Waals surface area contributed by atoms with Crippen LogP contribution in [0.5, 0.6) is 0 Å². The summed E-state index contributed by atoms with van der Waals surface area (Å²) in [6, 6.07) is 10.2. The summed E-state index contributed by atoms with van der Waals surface area (Å²) in [6.45, 7) is 3.60. The smallest absolute Gasteiger partial charge is 0.320 e. The molecule has 1 aromatic carbocycles. The predicted molar refractivity (Wildman–Crippen MR) is 73.0 cm³/mol. The van der Waals surface area contributed by atoms with Gasteiger partial charge in [0.05, 0.1) is 17.7 Å². The summed E-state index contributed by atoms with van der Waals surface area (Å²) in [7, 11) is 0. The van der Waals surface area contributed by atoms with Crippen molar-refractivity contribution in [1.29, 1.82) is 5.26 Å². The van der Waals surface area contributed by atoms with Gasteiger partial charge in [0, 0.05) is 6.07 Å². The minimum Gasteiger partial charge on any atom is -0.360 e. The average Bonchev–Trinajstić information content (AvgIpc) is 2.84. The molecule has 0 aliphatic rings. The number of hydrogen-bond donors (Lipinski definition) is 2. The van der Waals surface area contributed by atoms with Gasteiger partial charge < -0.3 is 9.84 Å². The number of amides is 2. The molecule has 0 saturated heterocycles. The molecular weight excluding hydrogens is 256 g/mol. The van der Waals surface area contributed by atoms with Crippen molar-refractivity contribution in [3.05, 3.63) is 47.2 Å².